The summed E-state index contributed by atoms with van der Waals surface area (Å²) in [5, 5.41) is 8.90. The smallest absolute Gasteiger partial charge is 0.142 e. The molecule has 0 spiro atoms. The standard InChI is InChI=1S/C14H19N3/c1-10-6-11(2)12(3)17(9-10)14-4-5-16-13(7-14)8-15/h4-5,7,10-12H,6,9H2,1-3H3. The molecule has 17 heavy (non-hydrogen) atoms. The number of rotatable bonds is 1. The van der Waals surface area contributed by atoms with Crippen LogP contribution in [0.25, 0.3) is 0 Å². The minimum atomic E-state index is 0.501. The van der Waals surface area contributed by atoms with Crippen molar-refractivity contribution in [3.05, 3.63) is 24.0 Å². The molecule has 0 aliphatic carbocycles. The van der Waals surface area contributed by atoms with E-state index in [0.29, 0.717) is 23.6 Å². The second-order valence-electron chi connectivity index (χ2n) is 5.22. The van der Waals surface area contributed by atoms with E-state index in [1.165, 1.54) is 6.42 Å². The Bertz CT molecular complexity index is 435. The molecule has 0 bridgehead atoms. The first-order chi connectivity index (χ1) is 8.11. The third-order valence-electron chi connectivity index (χ3n) is 3.79. The molecule has 0 amide bonds. The summed E-state index contributed by atoms with van der Waals surface area (Å²) in [4.78, 5) is 6.43. The number of hydrogen-bond acceptors (Lipinski definition) is 3. The normalized spacial score (nSPS) is 28.8. The minimum Gasteiger partial charge on any atom is -0.368 e. The second kappa shape index (κ2) is 4.75. The number of aromatic nitrogens is 1. The topological polar surface area (TPSA) is 39.9 Å². The van der Waals surface area contributed by atoms with Crippen LogP contribution in [0, 0.1) is 23.2 Å². The van der Waals surface area contributed by atoms with Gasteiger partial charge in [-0.1, -0.05) is 13.8 Å². The zero-order valence-electron chi connectivity index (χ0n) is 10.7. The van der Waals surface area contributed by atoms with Crippen LogP contribution in [0.1, 0.15) is 32.9 Å². The summed E-state index contributed by atoms with van der Waals surface area (Å²) >= 11 is 0. The number of pyridine rings is 1. The molecule has 1 aromatic heterocycles. The summed E-state index contributed by atoms with van der Waals surface area (Å²) in [6, 6.07) is 6.53. The predicted octanol–water partition coefficient (Wildman–Crippen LogP) is 2.82. The van der Waals surface area contributed by atoms with Crippen molar-refractivity contribution in [1.82, 2.24) is 4.98 Å². The molecular weight excluding hydrogens is 210 g/mol. The average Bonchev–Trinajstić information content (AvgIpc) is 2.34. The molecule has 1 aliphatic rings. The number of nitriles is 1. The molecule has 3 atom stereocenters. The van der Waals surface area contributed by atoms with Gasteiger partial charge in [0, 0.05) is 24.5 Å². The quantitative estimate of drug-likeness (QED) is 0.743. The van der Waals surface area contributed by atoms with Crippen LogP contribution in [0.5, 0.6) is 0 Å². The van der Waals surface area contributed by atoms with Gasteiger partial charge in [-0.05, 0) is 37.3 Å². The SMILES string of the molecule is CC1CC(C)C(C)N(c2ccnc(C#N)c2)C1. The first-order valence-electron chi connectivity index (χ1n) is 6.24. The molecule has 2 rings (SSSR count). The van der Waals surface area contributed by atoms with Gasteiger partial charge in [-0.25, -0.2) is 4.98 Å². The molecule has 90 valence electrons. The van der Waals surface area contributed by atoms with Gasteiger partial charge < -0.3 is 4.90 Å². The summed E-state index contributed by atoms with van der Waals surface area (Å²) in [6.07, 6.45) is 3.01. The summed E-state index contributed by atoms with van der Waals surface area (Å²) in [6.45, 7) is 7.94. The fraction of sp³-hybridized carbons (Fsp3) is 0.571. The van der Waals surface area contributed by atoms with Crippen molar-refractivity contribution in [3.63, 3.8) is 0 Å². The maximum atomic E-state index is 8.90. The van der Waals surface area contributed by atoms with E-state index in [0.717, 1.165) is 12.2 Å². The lowest BCUT2D eigenvalue weighted by Gasteiger charge is -2.42. The molecule has 2 heterocycles. The van der Waals surface area contributed by atoms with E-state index in [1.54, 1.807) is 6.20 Å². The van der Waals surface area contributed by atoms with Crippen molar-refractivity contribution < 1.29 is 0 Å². The number of piperidine rings is 1. The van der Waals surface area contributed by atoms with Crippen LogP contribution in [0.2, 0.25) is 0 Å². The third-order valence-corrected chi connectivity index (χ3v) is 3.79. The summed E-state index contributed by atoms with van der Waals surface area (Å²) in [5.41, 5.74) is 1.63. The number of nitrogens with zero attached hydrogens (tertiary/aromatic N) is 3. The Kier molecular flexibility index (Phi) is 3.33. The molecule has 0 saturated carbocycles. The van der Waals surface area contributed by atoms with Crippen LogP contribution in [0.4, 0.5) is 5.69 Å². The van der Waals surface area contributed by atoms with Gasteiger partial charge in [0.15, 0.2) is 0 Å². The Morgan fingerprint density at radius 1 is 1.41 bits per heavy atom. The van der Waals surface area contributed by atoms with Gasteiger partial charge in [0.1, 0.15) is 11.8 Å². The molecule has 0 aromatic carbocycles. The van der Waals surface area contributed by atoms with Crippen LogP contribution < -0.4 is 4.90 Å². The van der Waals surface area contributed by atoms with Crippen LogP contribution in [0.15, 0.2) is 18.3 Å². The molecule has 1 aliphatic heterocycles. The Morgan fingerprint density at radius 3 is 2.88 bits per heavy atom. The molecule has 1 aromatic rings. The molecule has 0 N–H and O–H groups in total. The van der Waals surface area contributed by atoms with Gasteiger partial charge >= 0.3 is 0 Å². The number of hydrogen-bond donors (Lipinski definition) is 0. The summed E-state index contributed by atoms with van der Waals surface area (Å²) in [7, 11) is 0. The van der Waals surface area contributed by atoms with Crippen molar-refractivity contribution in [1.29, 1.82) is 5.26 Å². The Labute approximate surface area is 103 Å². The zero-order valence-corrected chi connectivity index (χ0v) is 10.7. The Hall–Kier alpha value is -1.56. The lowest BCUT2D eigenvalue weighted by Crippen LogP contribution is -2.45. The molecule has 1 fully saturated rings. The average molecular weight is 229 g/mol. The fourth-order valence-electron chi connectivity index (χ4n) is 2.72. The highest BCUT2D eigenvalue weighted by atomic mass is 15.2. The maximum absolute atomic E-state index is 8.90. The lowest BCUT2D eigenvalue weighted by molar-refractivity contribution is 0.297. The number of anilines is 1. The monoisotopic (exact) mass is 229 g/mol. The van der Waals surface area contributed by atoms with Crippen LogP contribution in [0.3, 0.4) is 0 Å². The Morgan fingerprint density at radius 2 is 2.18 bits per heavy atom. The van der Waals surface area contributed by atoms with E-state index < -0.39 is 0 Å². The van der Waals surface area contributed by atoms with Crippen molar-refractivity contribution in [3.8, 4) is 6.07 Å². The van der Waals surface area contributed by atoms with Gasteiger partial charge in [-0.2, -0.15) is 5.26 Å². The van der Waals surface area contributed by atoms with Gasteiger partial charge in [-0.3, -0.25) is 0 Å². The van der Waals surface area contributed by atoms with Crippen molar-refractivity contribution in [2.75, 3.05) is 11.4 Å². The Balaban J connectivity index is 2.28. The highest BCUT2D eigenvalue weighted by Crippen LogP contribution is 2.31. The largest absolute Gasteiger partial charge is 0.368 e. The van der Waals surface area contributed by atoms with Crippen molar-refractivity contribution in [2.24, 2.45) is 11.8 Å². The molecule has 0 radical (unpaired) electrons. The molecule has 1 saturated heterocycles. The summed E-state index contributed by atoms with van der Waals surface area (Å²) < 4.78 is 0. The fourth-order valence-corrected chi connectivity index (χ4v) is 2.72. The van der Waals surface area contributed by atoms with Crippen LogP contribution in [-0.2, 0) is 0 Å². The van der Waals surface area contributed by atoms with E-state index in [9.17, 15) is 0 Å². The first kappa shape index (κ1) is 11.9. The molecule has 3 unspecified atom stereocenters. The van der Waals surface area contributed by atoms with Crippen LogP contribution in [-0.4, -0.2) is 17.6 Å². The van der Waals surface area contributed by atoms with Gasteiger partial charge in [0.05, 0.1) is 0 Å². The zero-order chi connectivity index (χ0) is 12.4. The van der Waals surface area contributed by atoms with Crippen molar-refractivity contribution >= 4 is 5.69 Å². The van der Waals surface area contributed by atoms with Gasteiger partial charge in [0.2, 0.25) is 0 Å². The van der Waals surface area contributed by atoms with E-state index in [2.05, 4.69) is 36.7 Å². The highest BCUT2D eigenvalue weighted by molar-refractivity contribution is 5.50. The molecule has 3 heteroatoms. The lowest BCUT2D eigenvalue weighted by atomic mass is 9.85. The third kappa shape index (κ3) is 2.41. The van der Waals surface area contributed by atoms with Crippen LogP contribution >= 0.6 is 0 Å². The van der Waals surface area contributed by atoms with E-state index in [-0.39, 0.29) is 0 Å². The molecular formula is C14H19N3. The first-order valence-corrected chi connectivity index (χ1v) is 6.24. The van der Waals surface area contributed by atoms with E-state index in [4.69, 9.17) is 5.26 Å². The van der Waals surface area contributed by atoms with E-state index in [1.807, 2.05) is 12.1 Å². The highest BCUT2D eigenvalue weighted by Gasteiger charge is 2.28. The predicted molar refractivity (Wildman–Crippen MR) is 68.7 cm³/mol. The molecule has 3 nitrogen and oxygen atoms in total. The van der Waals surface area contributed by atoms with Crippen molar-refractivity contribution in [2.45, 2.75) is 33.2 Å². The second-order valence-corrected chi connectivity index (χ2v) is 5.22. The van der Waals surface area contributed by atoms with Gasteiger partial charge in [-0.15, -0.1) is 0 Å². The van der Waals surface area contributed by atoms with E-state index >= 15 is 0 Å². The minimum absolute atomic E-state index is 0.501. The van der Waals surface area contributed by atoms with Gasteiger partial charge in [0.25, 0.3) is 0 Å². The maximum Gasteiger partial charge on any atom is 0.142 e. The summed E-state index contributed by atoms with van der Waals surface area (Å²) in [5.74, 6) is 1.40.